The Morgan fingerprint density at radius 1 is 1.11 bits per heavy atom. The second kappa shape index (κ2) is 4.99. The van der Waals surface area contributed by atoms with Crippen molar-refractivity contribution in [2.75, 3.05) is 4.72 Å². The van der Waals surface area contributed by atoms with Crippen molar-refractivity contribution in [1.29, 1.82) is 0 Å². The second-order valence-electron chi connectivity index (χ2n) is 3.34. The molecule has 0 bridgehead atoms. The van der Waals surface area contributed by atoms with Crippen LogP contribution in [0.1, 0.15) is 0 Å². The molecule has 5 nitrogen and oxygen atoms in total. The molecule has 0 fully saturated rings. The van der Waals surface area contributed by atoms with Crippen molar-refractivity contribution in [3.63, 3.8) is 0 Å². The summed E-state index contributed by atoms with van der Waals surface area (Å²) in [7, 11) is -3.87. The van der Waals surface area contributed by atoms with Crippen molar-refractivity contribution in [2.45, 2.75) is 4.90 Å². The molecule has 1 N–H and O–H groups in total. The zero-order valence-corrected chi connectivity index (χ0v) is 11.2. The fraction of sp³-hybridized carbons (Fsp3) is 0. The molecule has 0 aliphatic heterocycles. The lowest BCUT2D eigenvalue weighted by atomic mass is 10.4. The predicted octanol–water partition coefficient (Wildman–Crippen LogP) is 2.18. The minimum Gasteiger partial charge on any atom is -0.278 e. The highest BCUT2D eigenvalue weighted by atomic mass is 79.9. The van der Waals surface area contributed by atoms with Crippen LogP contribution in [0.15, 0.2) is 46.3 Å². The molecule has 2 aromatic heterocycles. The van der Waals surface area contributed by atoms with Crippen molar-refractivity contribution in [2.24, 2.45) is 0 Å². The van der Waals surface area contributed by atoms with Gasteiger partial charge in [-0.2, -0.15) is 0 Å². The number of anilines is 1. The molecule has 18 heavy (non-hydrogen) atoms. The Labute approximate surface area is 111 Å². The summed E-state index contributed by atoms with van der Waals surface area (Å²) >= 11 is 3.17. The number of sulfonamides is 1. The van der Waals surface area contributed by atoms with Gasteiger partial charge in [0.15, 0.2) is 0 Å². The van der Waals surface area contributed by atoms with Crippen molar-refractivity contribution in [3.8, 4) is 0 Å². The van der Waals surface area contributed by atoms with Gasteiger partial charge in [-0.1, -0.05) is 0 Å². The van der Waals surface area contributed by atoms with Crippen LogP contribution in [0, 0.1) is 5.82 Å². The monoisotopic (exact) mass is 331 g/mol. The zero-order valence-electron chi connectivity index (χ0n) is 8.84. The predicted molar refractivity (Wildman–Crippen MR) is 66.9 cm³/mol. The summed E-state index contributed by atoms with van der Waals surface area (Å²) in [5, 5.41) is 0. The van der Waals surface area contributed by atoms with Crippen LogP contribution in [0.3, 0.4) is 0 Å². The number of rotatable bonds is 3. The molecule has 0 unspecified atom stereocenters. The highest BCUT2D eigenvalue weighted by Gasteiger charge is 2.15. The molecule has 2 aromatic rings. The van der Waals surface area contributed by atoms with Gasteiger partial charge in [0.2, 0.25) is 0 Å². The lowest BCUT2D eigenvalue weighted by molar-refractivity contribution is 0.592. The summed E-state index contributed by atoms with van der Waals surface area (Å²) in [6.45, 7) is 0. The lowest BCUT2D eigenvalue weighted by Gasteiger charge is -2.07. The van der Waals surface area contributed by atoms with Crippen LogP contribution in [0.2, 0.25) is 0 Å². The Morgan fingerprint density at radius 3 is 2.50 bits per heavy atom. The highest BCUT2D eigenvalue weighted by Crippen LogP contribution is 2.18. The first-order valence-corrected chi connectivity index (χ1v) is 6.99. The van der Waals surface area contributed by atoms with Crippen LogP contribution < -0.4 is 4.72 Å². The molecule has 94 valence electrons. The van der Waals surface area contributed by atoms with Gasteiger partial charge in [-0.15, -0.1) is 0 Å². The zero-order chi connectivity index (χ0) is 13.2. The Bertz CT molecular complexity index is 678. The van der Waals surface area contributed by atoms with E-state index < -0.39 is 15.8 Å². The molecule has 0 aliphatic rings. The summed E-state index contributed by atoms with van der Waals surface area (Å²) in [4.78, 5) is 7.06. The summed E-state index contributed by atoms with van der Waals surface area (Å²) in [6.07, 6.45) is 4.85. The van der Waals surface area contributed by atoms with E-state index in [-0.39, 0.29) is 10.6 Å². The Morgan fingerprint density at radius 2 is 1.83 bits per heavy atom. The van der Waals surface area contributed by atoms with Crippen molar-refractivity contribution >= 4 is 31.6 Å². The van der Waals surface area contributed by atoms with Crippen LogP contribution in [-0.4, -0.2) is 18.4 Å². The van der Waals surface area contributed by atoms with Crippen molar-refractivity contribution in [3.05, 3.63) is 47.2 Å². The molecular weight excluding hydrogens is 325 g/mol. The lowest BCUT2D eigenvalue weighted by Crippen LogP contribution is -2.13. The van der Waals surface area contributed by atoms with Crippen LogP contribution in [0.25, 0.3) is 0 Å². The van der Waals surface area contributed by atoms with E-state index in [1.807, 2.05) is 0 Å². The Balaban J connectivity index is 2.33. The van der Waals surface area contributed by atoms with Gasteiger partial charge < -0.3 is 0 Å². The first kappa shape index (κ1) is 12.9. The number of halogens is 2. The standard InChI is InChI=1S/C10H7BrFN3O2S/c11-7-1-9(5-13-3-7)15-18(16,17)10-2-8(12)4-14-6-10/h1-6,15H. The van der Waals surface area contributed by atoms with Gasteiger partial charge in [0.1, 0.15) is 10.7 Å². The normalized spacial score (nSPS) is 11.2. The average Bonchev–Trinajstić information content (AvgIpc) is 2.28. The molecule has 0 amide bonds. The molecule has 0 aliphatic carbocycles. The van der Waals surface area contributed by atoms with Gasteiger partial charge in [-0.05, 0) is 28.1 Å². The first-order valence-electron chi connectivity index (χ1n) is 4.71. The number of pyridine rings is 2. The third kappa shape index (κ3) is 3.02. The largest absolute Gasteiger partial charge is 0.278 e. The van der Waals surface area contributed by atoms with Crippen LogP contribution in [0.4, 0.5) is 10.1 Å². The van der Waals surface area contributed by atoms with Crippen LogP contribution >= 0.6 is 15.9 Å². The van der Waals surface area contributed by atoms with Gasteiger partial charge in [-0.25, -0.2) is 12.8 Å². The Hall–Kier alpha value is -1.54. The van der Waals surface area contributed by atoms with Crippen molar-refractivity contribution in [1.82, 2.24) is 9.97 Å². The van der Waals surface area contributed by atoms with E-state index >= 15 is 0 Å². The minimum absolute atomic E-state index is 0.248. The third-order valence-electron chi connectivity index (χ3n) is 1.95. The number of hydrogen-bond donors (Lipinski definition) is 1. The molecule has 0 saturated heterocycles. The minimum atomic E-state index is -3.87. The molecule has 0 saturated carbocycles. The molecule has 2 heterocycles. The number of nitrogens with zero attached hydrogens (tertiary/aromatic N) is 2. The first-order chi connectivity index (χ1) is 8.47. The summed E-state index contributed by atoms with van der Waals surface area (Å²) < 4.78 is 39.6. The SMILES string of the molecule is O=S(=O)(Nc1cncc(Br)c1)c1cncc(F)c1. The Kier molecular flexibility index (Phi) is 3.58. The number of nitrogens with one attached hydrogen (secondary N) is 1. The molecule has 2 rings (SSSR count). The number of aromatic nitrogens is 2. The summed E-state index contributed by atoms with van der Waals surface area (Å²) in [6, 6.07) is 2.43. The highest BCUT2D eigenvalue weighted by molar-refractivity contribution is 9.10. The topological polar surface area (TPSA) is 72.0 Å². The fourth-order valence-electron chi connectivity index (χ4n) is 1.22. The smallest absolute Gasteiger partial charge is 0.263 e. The van der Waals surface area contributed by atoms with Crippen LogP contribution in [0.5, 0.6) is 0 Å². The quantitative estimate of drug-likeness (QED) is 0.935. The molecule has 0 spiro atoms. The van der Waals surface area contributed by atoms with Gasteiger partial charge in [0.05, 0.1) is 18.1 Å². The van der Waals surface area contributed by atoms with E-state index in [4.69, 9.17) is 0 Å². The number of hydrogen-bond acceptors (Lipinski definition) is 4. The molecule has 0 radical (unpaired) electrons. The average molecular weight is 332 g/mol. The molecule has 0 atom stereocenters. The van der Waals surface area contributed by atoms with E-state index in [1.54, 1.807) is 0 Å². The van der Waals surface area contributed by atoms with E-state index in [9.17, 15) is 12.8 Å². The van der Waals surface area contributed by atoms with Crippen molar-refractivity contribution < 1.29 is 12.8 Å². The molecule has 8 heteroatoms. The van der Waals surface area contributed by atoms with Gasteiger partial charge in [-0.3, -0.25) is 14.7 Å². The van der Waals surface area contributed by atoms with Crippen LogP contribution in [-0.2, 0) is 10.0 Å². The third-order valence-corrected chi connectivity index (χ3v) is 3.73. The maximum atomic E-state index is 12.9. The van der Waals surface area contributed by atoms with Gasteiger partial charge >= 0.3 is 0 Å². The maximum Gasteiger partial charge on any atom is 0.263 e. The molecular formula is C10H7BrFN3O2S. The van der Waals surface area contributed by atoms with E-state index in [0.717, 1.165) is 18.5 Å². The van der Waals surface area contributed by atoms with E-state index in [0.29, 0.717) is 4.47 Å². The molecule has 0 aromatic carbocycles. The van der Waals surface area contributed by atoms with E-state index in [2.05, 4.69) is 30.6 Å². The van der Waals surface area contributed by atoms with Gasteiger partial charge in [0, 0.05) is 16.9 Å². The fourth-order valence-corrected chi connectivity index (χ4v) is 2.59. The van der Waals surface area contributed by atoms with Gasteiger partial charge in [0.25, 0.3) is 10.0 Å². The second-order valence-corrected chi connectivity index (χ2v) is 5.93. The summed E-state index contributed by atoms with van der Waals surface area (Å²) in [5.41, 5.74) is 0.272. The van der Waals surface area contributed by atoms with E-state index in [1.165, 1.54) is 18.5 Å². The summed E-state index contributed by atoms with van der Waals surface area (Å²) in [5.74, 6) is -0.717. The maximum absolute atomic E-state index is 12.9.